The molecule has 0 radical (unpaired) electrons. The van der Waals surface area contributed by atoms with Gasteiger partial charge in [-0.15, -0.1) is 5.10 Å². The van der Waals surface area contributed by atoms with Gasteiger partial charge in [0.25, 0.3) is 0 Å². The number of hydrogen-bond donors (Lipinski definition) is 1. The van der Waals surface area contributed by atoms with Gasteiger partial charge in [0.15, 0.2) is 0 Å². The number of aromatic nitrogens is 3. The Labute approximate surface area is 104 Å². The number of aryl methyl sites for hydroxylation is 1. The van der Waals surface area contributed by atoms with Crippen molar-refractivity contribution in [1.29, 1.82) is 0 Å². The van der Waals surface area contributed by atoms with E-state index in [2.05, 4.69) is 29.5 Å². The Hall–Kier alpha value is -0.940. The Bertz CT molecular complexity index is 313. The standard InChI is InChI=1S/C12H24N4O/c1-5-7-13-12(10(3)17-6-2)8-11-9-16(4)15-14-11/h9-10,12-13H,5-8H2,1-4H3. The number of nitrogens with zero attached hydrogens (tertiary/aromatic N) is 3. The summed E-state index contributed by atoms with van der Waals surface area (Å²) in [6.07, 6.45) is 4.12. The summed E-state index contributed by atoms with van der Waals surface area (Å²) in [6.45, 7) is 8.04. The summed E-state index contributed by atoms with van der Waals surface area (Å²) in [5.74, 6) is 0. The molecule has 1 heterocycles. The molecule has 0 amide bonds. The van der Waals surface area contributed by atoms with Crippen molar-refractivity contribution in [2.45, 2.75) is 45.8 Å². The molecule has 5 heteroatoms. The third-order valence-electron chi connectivity index (χ3n) is 2.73. The topological polar surface area (TPSA) is 52.0 Å². The Morgan fingerprint density at radius 1 is 1.47 bits per heavy atom. The van der Waals surface area contributed by atoms with Gasteiger partial charge in [-0.25, -0.2) is 0 Å². The van der Waals surface area contributed by atoms with E-state index in [0.717, 1.165) is 31.7 Å². The van der Waals surface area contributed by atoms with Crippen LogP contribution in [0.15, 0.2) is 6.20 Å². The highest BCUT2D eigenvalue weighted by Gasteiger charge is 2.18. The second kappa shape index (κ2) is 7.40. The summed E-state index contributed by atoms with van der Waals surface area (Å²) in [4.78, 5) is 0. The Morgan fingerprint density at radius 3 is 2.76 bits per heavy atom. The Morgan fingerprint density at radius 2 is 2.24 bits per heavy atom. The van der Waals surface area contributed by atoms with E-state index < -0.39 is 0 Å². The zero-order valence-corrected chi connectivity index (χ0v) is 11.3. The monoisotopic (exact) mass is 240 g/mol. The van der Waals surface area contributed by atoms with Crippen LogP contribution in [-0.2, 0) is 18.2 Å². The second-order valence-electron chi connectivity index (χ2n) is 4.31. The van der Waals surface area contributed by atoms with E-state index in [-0.39, 0.29) is 6.10 Å². The molecule has 17 heavy (non-hydrogen) atoms. The summed E-state index contributed by atoms with van der Waals surface area (Å²) < 4.78 is 7.40. The lowest BCUT2D eigenvalue weighted by Crippen LogP contribution is -2.42. The number of nitrogens with one attached hydrogen (secondary N) is 1. The highest BCUT2D eigenvalue weighted by molar-refractivity contribution is 4.97. The second-order valence-corrected chi connectivity index (χ2v) is 4.31. The van der Waals surface area contributed by atoms with E-state index in [4.69, 9.17) is 4.74 Å². The molecule has 0 bridgehead atoms. The molecule has 0 spiro atoms. The minimum absolute atomic E-state index is 0.188. The minimum atomic E-state index is 0.188. The molecule has 0 aromatic carbocycles. The third-order valence-corrected chi connectivity index (χ3v) is 2.73. The molecule has 1 N–H and O–H groups in total. The van der Waals surface area contributed by atoms with Gasteiger partial charge in [-0.3, -0.25) is 4.68 Å². The van der Waals surface area contributed by atoms with Crippen LogP contribution in [-0.4, -0.2) is 40.3 Å². The lowest BCUT2D eigenvalue weighted by atomic mass is 10.1. The summed E-state index contributed by atoms with van der Waals surface area (Å²) in [5, 5.41) is 11.6. The summed E-state index contributed by atoms with van der Waals surface area (Å²) in [5.41, 5.74) is 1.01. The summed E-state index contributed by atoms with van der Waals surface area (Å²) in [6, 6.07) is 0.298. The van der Waals surface area contributed by atoms with Crippen LogP contribution >= 0.6 is 0 Å². The lowest BCUT2D eigenvalue weighted by molar-refractivity contribution is 0.0474. The first-order valence-corrected chi connectivity index (χ1v) is 6.37. The molecule has 5 nitrogen and oxygen atoms in total. The average molecular weight is 240 g/mol. The minimum Gasteiger partial charge on any atom is -0.377 e. The molecular weight excluding hydrogens is 216 g/mol. The van der Waals surface area contributed by atoms with Gasteiger partial charge >= 0.3 is 0 Å². The molecule has 2 unspecified atom stereocenters. The van der Waals surface area contributed by atoms with Crippen LogP contribution in [0.25, 0.3) is 0 Å². The molecule has 98 valence electrons. The predicted octanol–water partition coefficient (Wildman–Crippen LogP) is 1.15. The number of ether oxygens (including phenoxy) is 1. The first kappa shape index (κ1) is 14.1. The van der Waals surface area contributed by atoms with Crippen LogP contribution in [0.3, 0.4) is 0 Å². The molecule has 2 atom stereocenters. The van der Waals surface area contributed by atoms with Crippen molar-refractivity contribution < 1.29 is 4.74 Å². The van der Waals surface area contributed by atoms with Gasteiger partial charge in [-0.05, 0) is 26.8 Å². The zero-order valence-electron chi connectivity index (χ0n) is 11.3. The zero-order chi connectivity index (χ0) is 12.7. The van der Waals surface area contributed by atoms with Gasteiger partial charge in [0.1, 0.15) is 0 Å². The SMILES string of the molecule is CCCNC(Cc1cn(C)nn1)C(C)OCC. The van der Waals surface area contributed by atoms with Crippen LogP contribution in [0.1, 0.15) is 32.9 Å². The molecule has 0 saturated heterocycles. The van der Waals surface area contributed by atoms with Gasteiger partial charge in [-0.2, -0.15) is 0 Å². The van der Waals surface area contributed by atoms with Crippen LogP contribution in [0, 0.1) is 0 Å². The quantitative estimate of drug-likeness (QED) is 0.740. The molecule has 0 fully saturated rings. The molecule has 1 rings (SSSR count). The van der Waals surface area contributed by atoms with E-state index in [1.54, 1.807) is 4.68 Å². The smallest absolute Gasteiger partial charge is 0.0843 e. The van der Waals surface area contributed by atoms with Gasteiger partial charge in [0.2, 0.25) is 0 Å². The maximum Gasteiger partial charge on any atom is 0.0843 e. The fourth-order valence-electron chi connectivity index (χ4n) is 1.83. The van der Waals surface area contributed by atoms with E-state index in [1.165, 1.54) is 0 Å². The van der Waals surface area contributed by atoms with Gasteiger partial charge in [-0.1, -0.05) is 12.1 Å². The fourth-order valence-corrected chi connectivity index (χ4v) is 1.83. The van der Waals surface area contributed by atoms with Crippen molar-refractivity contribution >= 4 is 0 Å². The van der Waals surface area contributed by atoms with Gasteiger partial charge < -0.3 is 10.1 Å². The van der Waals surface area contributed by atoms with Gasteiger partial charge in [0.05, 0.1) is 11.8 Å². The molecule has 0 aliphatic rings. The van der Waals surface area contributed by atoms with Crippen molar-refractivity contribution in [1.82, 2.24) is 20.3 Å². The van der Waals surface area contributed by atoms with Gasteiger partial charge in [0, 0.05) is 32.3 Å². The van der Waals surface area contributed by atoms with Crippen molar-refractivity contribution in [3.05, 3.63) is 11.9 Å². The van der Waals surface area contributed by atoms with E-state index in [1.807, 2.05) is 20.2 Å². The molecule has 0 aliphatic heterocycles. The van der Waals surface area contributed by atoms with Crippen LogP contribution < -0.4 is 5.32 Å². The molecular formula is C12H24N4O. The maximum absolute atomic E-state index is 5.66. The number of rotatable bonds is 8. The van der Waals surface area contributed by atoms with Crippen molar-refractivity contribution in [3.63, 3.8) is 0 Å². The largest absolute Gasteiger partial charge is 0.377 e. The highest BCUT2D eigenvalue weighted by atomic mass is 16.5. The van der Waals surface area contributed by atoms with E-state index in [0.29, 0.717) is 6.04 Å². The molecule has 0 aliphatic carbocycles. The number of hydrogen-bond acceptors (Lipinski definition) is 4. The first-order valence-electron chi connectivity index (χ1n) is 6.37. The van der Waals surface area contributed by atoms with E-state index >= 15 is 0 Å². The Kier molecular flexibility index (Phi) is 6.15. The fraction of sp³-hybridized carbons (Fsp3) is 0.833. The summed E-state index contributed by atoms with van der Waals surface area (Å²) >= 11 is 0. The lowest BCUT2D eigenvalue weighted by Gasteiger charge is -2.24. The average Bonchev–Trinajstić information content (AvgIpc) is 2.70. The summed E-state index contributed by atoms with van der Waals surface area (Å²) in [7, 11) is 1.89. The maximum atomic E-state index is 5.66. The van der Waals surface area contributed by atoms with Crippen LogP contribution in [0.5, 0.6) is 0 Å². The third kappa shape index (κ3) is 4.83. The van der Waals surface area contributed by atoms with Crippen LogP contribution in [0.4, 0.5) is 0 Å². The molecule has 1 aromatic rings. The normalized spacial score (nSPS) is 14.8. The van der Waals surface area contributed by atoms with Crippen molar-refractivity contribution in [2.75, 3.05) is 13.2 Å². The highest BCUT2D eigenvalue weighted by Crippen LogP contribution is 2.06. The Balaban J connectivity index is 2.55. The van der Waals surface area contributed by atoms with E-state index in [9.17, 15) is 0 Å². The van der Waals surface area contributed by atoms with Crippen LogP contribution in [0.2, 0.25) is 0 Å². The predicted molar refractivity (Wildman–Crippen MR) is 67.9 cm³/mol. The molecule has 0 saturated carbocycles. The van der Waals surface area contributed by atoms with Crippen molar-refractivity contribution in [2.24, 2.45) is 7.05 Å². The first-order chi connectivity index (χ1) is 8.17. The van der Waals surface area contributed by atoms with Crippen molar-refractivity contribution in [3.8, 4) is 0 Å². The molecule has 1 aromatic heterocycles.